The maximum Gasteiger partial charge on any atom is 0.0166 e. The molecule has 0 atom stereocenters. The fourth-order valence-corrected chi connectivity index (χ4v) is 1.33. The Morgan fingerprint density at radius 3 is 2.30 bits per heavy atom. The van der Waals surface area contributed by atoms with Crippen molar-refractivity contribution in [1.82, 2.24) is 4.90 Å². The highest BCUT2D eigenvalue weighted by Crippen LogP contribution is 2.31. The van der Waals surface area contributed by atoms with E-state index in [0.29, 0.717) is 0 Å². The van der Waals surface area contributed by atoms with Crippen molar-refractivity contribution in [3.63, 3.8) is 0 Å². The van der Waals surface area contributed by atoms with E-state index >= 15 is 0 Å². The van der Waals surface area contributed by atoms with Gasteiger partial charge in [-0.1, -0.05) is 0 Å². The van der Waals surface area contributed by atoms with E-state index in [9.17, 15) is 0 Å². The summed E-state index contributed by atoms with van der Waals surface area (Å²) >= 11 is 0. The molecule has 0 aromatic heterocycles. The third-order valence-corrected chi connectivity index (χ3v) is 2.41. The number of hydrogen-bond donors (Lipinski definition) is 1. The van der Waals surface area contributed by atoms with Gasteiger partial charge in [-0.15, -0.1) is 0 Å². The first kappa shape index (κ1) is 8.02. The number of nitrogens with two attached hydrogens (primary N) is 1. The molecule has 0 saturated heterocycles. The molecule has 0 amide bonds. The first-order valence-corrected chi connectivity index (χ1v) is 4.06. The molecule has 1 aliphatic rings. The molecule has 2 heteroatoms. The molecule has 1 aliphatic carbocycles. The minimum absolute atomic E-state index is 0.213. The van der Waals surface area contributed by atoms with Gasteiger partial charge in [-0.05, 0) is 46.3 Å². The number of rotatable bonds is 3. The molecular weight excluding hydrogens is 124 g/mol. The van der Waals surface area contributed by atoms with E-state index in [1.807, 2.05) is 0 Å². The summed E-state index contributed by atoms with van der Waals surface area (Å²) in [7, 11) is 4.20. The lowest BCUT2D eigenvalue weighted by atomic mass is 9.75. The molecule has 1 rings (SSSR count). The Balaban J connectivity index is 2.12. The van der Waals surface area contributed by atoms with E-state index in [0.717, 1.165) is 6.54 Å². The van der Waals surface area contributed by atoms with Gasteiger partial charge in [-0.2, -0.15) is 0 Å². The van der Waals surface area contributed by atoms with E-state index in [4.69, 9.17) is 5.73 Å². The molecule has 1 saturated carbocycles. The predicted octanol–water partition coefficient (Wildman–Crippen LogP) is 0.819. The van der Waals surface area contributed by atoms with Crippen LogP contribution in [0.15, 0.2) is 0 Å². The summed E-state index contributed by atoms with van der Waals surface area (Å²) in [6, 6.07) is 0. The molecule has 0 aromatic rings. The second-order valence-corrected chi connectivity index (χ2v) is 3.77. The van der Waals surface area contributed by atoms with Crippen LogP contribution in [0.1, 0.15) is 25.7 Å². The lowest BCUT2D eigenvalue weighted by Gasteiger charge is -2.38. The Labute approximate surface area is 63.4 Å². The summed E-state index contributed by atoms with van der Waals surface area (Å²) in [6.07, 6.45) is 4.98. The van der Waals surface area contributed by atoms with Crippen molar-refractivity contribution in [2.45, 2.75) is 31.2 Å². The second-order valence-electron chi connectivity index (χ2n) is 3.77. The summed E-state index contributed by atoms with van der Waals surface area (Å²) in [5.74, 6) is 0. The third-order valence-electron chi connectivity index (χ3n) is 2.41. The van der Waals surface area contributed by atoms with Gasteiger partial charge in [0.25, 0.3) is 0 Å². The van der Waals surface area contributed by atoms with Crippen LogP contribution in [0.25, 0.3) is 0 Å². The minimum Gasteiger partial charge on any atom is -0.325 e. The van der Waals surface area contributed by atoms with Gasteiger partial charge in [0.2, 0.25) is 0 Å². The zero-order chi connectivity index (χ0) is 7.61. The van der Waals surface area contributed by atoms with E-state index in [-0.39, 0.29) is 5.54 Å². The van der Waals surface area contributed by atoms with Gasteiger partial charge in [-0.25, -0.2) is 0 Å². The van der Waals surface area contributed by atoms with Gasteiger partial charge in [-0.3, -0.25) is 0 Å². The minimum atomic E-state index is 0.213. The third kappa shape index (κ3) is 1.96. The Bertz CT molecular complexity index is 106. The van der Waals surface area contributed by atoms with Crippen LogP contribution in [0.2, 0.25) is 0 Å². The molecule has 0 bridgehead atoms. The van der Waals surface area contributed by atoms with Crippen LogP contribution in [0, 0.1) is 0 Å². The standard InChI is InChI=1S/C8H18N2/c1-10(2)7-6-8(9)4-3-5-8/h3-7,9H2,1-2H3. The molecule has 10 heavy (non-hydrogen) atoms. The van der Waals surface area contributed by atoms with Crippen molar-refractivity contribution in [3.8, 4) is 0 Å². The van der Waals surface area contributed by atoms with Gasteiger partial charge in [0, 0.05) is 5.54 Å². The quantitative estimate of drug-likeness (QED) is 0.632. The Hall–Kier alpha value is -0.0800. The maximum atomic E-state index is 6.02. The summed E-state index contributed by atoms with van der Waals surface area (Å²) in [6.45, 7) is 1.14. The van der Waals surface area contributed by atoms with Crippen LogP contribution in [0.5, 0.6) is 0 Å². The fourth-order valence-electron chi connectivity index (χ4n) is 1.33. The van der Waals surface area contributed by atoms with E-state index in [2.05, 4.69) is 19.0 Å². The lowest BCUT2D eigenvalue weighted by molar-refractivity contribution is 0.207. The van der Waals surface area contributed by atoms with Crippen molar-refractivity contribution in [2.24, 2.45) is 5.73 Å². The second kappa shape index (κ2) is 2.89. The molecule has 2 nitrogen and oxygen atoms in total. The van der Waals surface area contributed by atoms with Crippen molar-refractivity contribution in [1.29, 1.82) is 0 Å². The molecule has 0 radical (unpaired) electrons. The topological polar surface area (TPSA) is 29.3 Å². The number of nitrogens with zero attached hydrogens (tertiary/aromatic N) is 1. The molecule has 0 aromatic carbocycles. The highest BCUT2D eigenvalue weighted by atomic mass is 15.1. The SMILES string of the molecule is CN(C)CCC1(N)CCC1. The predicted molar refractivity (Wildman–Crippen MR) is 43.9 cm³/mol. The van der Waals surface area contributed by atoms with Crippen molar-refractivity contribution < 1.29 is 0 Å². The molecule has 0 unspecified atom stereocenters. The highest BCUT2D eigenvalue weighted by Gasteiger charge is 2.31. The van der Waals surface area contributed by atoms with Gasteiger partial charge in [0.05, 0.1) is 0 Å². The monoisotopic (exact) mass is 142 g/mol. The van der Waals surface area contributed by atoms with Crippen LogP contribution in [-0.4, -0.2) is 31.1 Å². The van der Waals surface area contributed by atoms with Gasteiger partial charge in [0.1, 0.15) is 0 Å². The Morgan fingerprint density at radius 1 is 1.40 bits per heavy atom. The average molecular weight is 142 g/mol. The van der Waals surface area contributed by atoms with Gasteiger partial charge < -0.3 is 10.6 Å². The van der Waals surface area contributed by atoms with E-state index in [1.54, 1.807) is 0 Å². The first-order valence-electron chi connectivity index (χ1n) is 4.06. The van der Waals surface area contributed by atoms with E-state index < -0.39 is 0 Å². The normalized spacial score (nSPS) is 22.8. The summed E-state index contributed by atoms with van der Waals surface area (Å²) in [5, 5.41) is 0. The van der Waals surface area contributed by atoms with Crippen LogP contribution in [0.4, 0.5) is 0 Å². The van der Waals surface area contributed by atoms with Crippen LogP contribution < -0.4 is 5.73 Å². The molecule has 0 heterocycles. The molecule has 60 valence electrons. The van der Waals surface area contributed by atoms with Crippen molar-refractivity contribution in [3.05, 3.63) is 0 Å². The Kier molecular flexibility index (Phi) is 2.32. The van der Waals surface area contributed by atoms with Gasteiger partial charge in [0.15, 0.2) is 0 Å². The zero-order valence-corrected chi connectivity index (χ0v) is 7.06. The van der Waals surface area contributed by atoms with Gasteiger partial charge >= 0.3 is 0 Å². The van der Waals surface area contributed by atoms with Crippen molar-refractivity contribution in [2.75, 3.05) is 20.6 Å². The average Bonchev–Trinajstić information content (AvgIpc) is 1.79. The fraction of sp³-hybridized carbons (Fsp3) is 1.00. The molecule has 0 spiro atoms. The van der Waals surface area contributed by atoms with Crippen LogP contribution in [-0.2, 0) is 0 Å². The lowest BCUT2D eigenvalue weighted by Crippen LogP contribution is -2.48. The molecule has 0 aliphatic heterocycles. The first-order chi connectivity index (χ1) is 4.62. The zero-order valence-electron chi connectivity index (χ0n) is 7.06. The largest absolute Gasteiger partial charge is 0.325 e. The van der Waals surface area contributed by atoms with E-state index in [1.165, 1.54) is 25.7 Å². The molecule has 2 N–H and O–H groups in total. The van der Waals surface area contributed by atoms with Crippen molar-refractivity contribution >= 4 is 0 Å². The summed E-state index contributed by atoms with van der Waals surface area (Å²) in [5.41, 5.74) is 6.24. The summed E-state index contributed by atoms with van der Waals surface area (Å²) in [4.78, 5) is 2.20. The highest BCUT2D eigenvalue weighted by molar-refractivity contribution is 4.92. The number of hydrogen-bond acceptors (Lipinski definition) is 2. The molecule has 1 fully saturated rings. The van der Waals surface area contributed by atoms with Crippen LogP contribution in [0.3, 0.4) is 0 Å². The summed E-state index contributed by atoms with van der Waals surface area (Å²) < 4.78 is 0. The Morgan fingerprint density at radius 2 is 2.00 bits per heavy atom. The smallest absolute Gasteiger partial charge is 0.0166 e. The maximum absolute atomic E-state index is 6.02. The van der Waals surface area contributed by atoms with Crippen LogP contribution >= 0.6 is 0 Å². The molecular formula is C8H18N2.